The van der Waals surface area contributed by atoms with Crippen LogP contribution in [0.3, 0.4) is 0 Å². The molecule has 0 spiro atoms. The highest BCUT2D eigenvalue weighted by molar-refractivity contribution is 6.42. The maximum absolute atomic E-state index is 13.1. The zero-order valence-electron chi connectivity index (χ0n) is 23.3. The molecule has 222 valence electrons. The molecule has 4 rings (SSSR count). The number of allylic oxidation sites excluding steroid dienone is 1. The molecule has 0 radical (unpaired) electrons. The molecule has 2 heterocycles. The molecule has 3 aromatic rings. The second kappa shape index (κ2) is 13.3. The van der Waals surface area contributed by atoms with Crippen LogP contribution in [0.25, 0.3) is 0 Å². The van der Waals surface area contributed by atoms with Crippen LogP contribution in [0.2, 0.25) is 10.0 Å². The van der Waals surface area contributed by atoms with Crippen molar-refractivity contribution in [2.75, 3.05) is 20.3 Å². The number of carboxylic acids is 1. The molecular weight excluding hydrogens is 585 g/mol. The number of esters is 2. The number of ether oxygens (including phenoxy) is 3. The van der Waals surface area contributed by atoms with Gasteiger partial charge in [-0.3, -0.25) is 4.79 Å². The molecule has 0 saturated carbocycles. The lowest BCUT2D eigenvalue weighted by molar-refractivity contribution is -0.154. The fourth-order valence-electron chi connectivity index (χ4n) is 5.36. The molecule has 0 bridgehead atoms. The Kier molecular flexibility index (Phi) is 9.80. The standard InChI is InChI=1S/C30H31Cl2N3O7/c1-18-24(28(37)40-3)25(22-5-4-6-23(31)26(22)32)30(29(38)39,19(2)34-18)11-15-42-27(36)20-7-9-21(10-8-20)41-16-14-35-13-12-33-17-35/h4-10,12-13,17,19,25,34H,11,14-16H2,1-3H3,(H,38,39). The van der Waals surface area contributed by atoms with Crippen molar-refractivity contribution in [3.05, 3.63) is 93.6 Å². The topological polar surface area (TPSA) is 129 Å². The van der Waals surface area contributed by atoms with Crippen molar-refractivity contribution in [2.24, 2.45) is 5.41 Å². The Hall–Kier alpha value is -4.02. The first-order valence-corrected chi connectivity index (χ1v) is 13.9. The predicted octanol–water partition coefficient (Wildman–Crippen LogP) is 5.11. The molecule has 1 aromatic heterocycles. The molecule has 2 aromatic carbocycles. The van der Waals surface area contributed by atoms with E-state index in [2.05, 4.69) is 10.3 Å². The number of methoxy groups -OCH3 is 1. The summed E-state index contributed by atoms with van der Waals surface area (Å²) in [5.74, 6) is -3.01. The number of carbonyl (C=O) groups is 3. The van der Waals surface area contributed by atoms with E-state index in [0.29, 0.717) is 30.2 Å². The number of nitrogens with one attached hydrogen (secondary N) is 1. The Morgan fingerprint density at radius 1 is 1.10 bits per heavy atom. The molecule has 3 atom stereocenters. The molecule has 42 heavy (non-hydrogen) atoms. The number of benzene rings is 2. The lowest BCUT2D eigenvalue weighted by atomic mass is 9.60. The van der Waals surface area contributed by atoms with Crippen molar-refractivity contribution >= 4 is 41.1 Å². The molecule has 10 nitrogen and oxygen atoms in total. The van der Waals surface area contributed by atoms with Crippen molar-refractivity contribution < 1.29 is 33.7 Å². The van der Waals surface area contributed by atoms with Crippen LogP contribution in [0.1, 0.15) is 42.1 Å². The Bertz CT molecular complexity index is 1470. The highest BCUT2D eigenvalue weighted by atomic mass is 35.5. The zero-order chi connectivity index (χ0) is 30.4. The van der Waals surface area contributed by atoms with Gasteiger partial charge in [0, 0.05) is 36.5 Å². The summed E-state index contributed by atoms with van der Waals surface area (Å²) in [5, 5.41) is 14.2. The number of aliphatic carboxylic acids is 1. The molecule has 2 N–H and O–H groups in total. The second-order valence-corrected chi connectivity index (χ2v) is 10.7. The van der Waals surface area contributed by atoms with E-state index in [0.717, 1.165) is 0 Å². The highest BCUT2D eigenvalue weighted by Gasteiger charge is 2.57. The number of imidazole rings is 1. The zero-order valence-corrected chi connectivity index (χ0v) is 24.8. The molecule has 0 fully saturated rings. The third kappa shape index (κ3) is 6.24. The lowest BCUT2D eigenvalue weighted by Gasteiger charge is -2.47. The second-order valence-electron chi connectivity index (χ2n) is 9.88. The van der Waals surface area contributed by atoms with Gasteiger partial charge in [-0.1, -0.05) is 35.3 Å². The monoisotopic (exact) mass is 615 g/mol. The number of rotatable bonds is 11. The minimum Gasteiger partial charge on any atom is -0.492 e. The fraction of sp³-hybridized carbons (Fsp3) is 0.333. The van der Waals surface area contributed by atoms with E-state index in [1.54, 1.807) is 68.8 Å². The third-order valence-electron chi connectivity index (χ3n) is 7.53. The van der Waals surface area contributed by atoms with Crippen LogP contribution >= 0.6 is 23.2 Å². The average molecular weight is 616 g/mol. The normalized spacial score (nSPS) is 20.0. The van der Waals surface area contributed by atoms with E-state index < -0.39 is 35.3 Å². The summed E-state index contributed by atoms with van der Waals surface area (Å²) >= 11 is 12.9. The van der Waals surface area contributed by atoms with Crippen molar-refractivity contribution in [1.82, 2.24) is 14.9 Å². The molecule has 1 aliphatic heterocycles. The van der Waals surface area contributed by atoms with Gasteiger partial charge >= 0.3 is 17.9 Å². The maximum Gasteiger partial charge on any atom is 0.338 e. The summed E-state index contributed by atoms with van der Waals surface area (Å²) in [6, 6.07) is 10.6. The van der Waals surface area contributed by atoms with Gasteiger partial charge in [0.1, 0.15) is 17.8 Å². The third-order valence-corrected chi connectivity index (χ3v) is 8.36. The van der Waals surface area contributed by atoms with E-state index in [1.807, 2.05) is 10.8 Å². The minimum atomic E-state index is -1.66. The highest BCUT2D eigenvalue weighted by Crippen LogP contribution is 2.52. The number of carboxylic acid groups (broad SMARTS) is 1. The Balaban J connectivity index is 1.54. The lowest BCUT2D eigenvalue weighted by Crippen LogP contribution is -2.57. The van der Waals surface area contributed by atoms with Crippen LogP contribution < -0.4 is 10.1 Å². The predicted molar refractivity (Wildman–Crippen MR) is 156 cm³/mol. The first-order chi connectivity index (χ1) is 20.1. The average Bonchev–Trinajstić information content (AvgIpc) is 3.49. The van der Waals surface area contributed by atoms with E-state index in [-0.39, 0.29) is 34.2 Å². The smallest absolute Gasteiger partial charge is 0.338 e. The van der Waals surface area contributed by atoms with Crippen molar-refractivity contribution in [2.45, 2.75) is 38.8 Å². The molecule has 3 unspecified atom stereocenters. The summed E-state index contributed by atoms with van der Waals surface area (Å²) in [6.07, 6.45) is 5.08. The van der Waals surface area contributed by atoms with Gasteiger partial charge in [-0.2, -0.15) is 0 Å². The molecule has 12 heteroatoms. The van der Waals surface area contributed by atoms with E-state index in [1.165, 1.54) is 7.11 Å². The number of hydrogen-bond acceptors (Lipinski definition) is 8. The van der Waals surface area contributed by atoms with Crippen LogP contribution in [0.4, 0.5) is 0 Å². The molecule has 0 amide bonds. The first-order valence-electron chi connectivity index (χ1n) is 13.2. The van der Waals surface area contributed by atoms with Crippen LogP contribution in [-0.4, -0.2) is 58.9 Å². The number of hydrogen-bond donors (Lipinski definition) is 2. The molecular formula is C30H31Cl2N3O7. The molecule has 0 saturated heterocycles. The Labute approximate surface area is 253 Å². The number of nitrogens with zero attached hydrogens (tertiary/aromatic N) is 2. The quantitative estimate of drug-likeness (QED) is 0.283. The summed E-state index contributed by atoms with van der Waals surface area (Å²) in [5.41, 5.74) is -0.468. The summed E-state index contributed by atoms with van der Waals surface area (Å²) < 4.78 is 18.2. The van der Waals surface area contributed by atoms with Crippen LogP contribution in [0.5, 0.6) is 5.75 Å². The van der Waals surface area contributed by atoms with Gasteiger partial charge in [-0.15, -0.1) is 0 Å². The van der Waals surface area contributed by atoms with Gasteiger partial charge in [0.05, 0.1) is 47.8 Å². The van der Waals surface area contributed by atoms with Gasteiger partial charge in [-0.25, -0.2) is 14.6 Å². The van der Waals surface area contributed by atoms with Crippen molar-refractivity contribution in [3.8, 4) is 5.75 Å². The van der Waals surface area contributed by atoms with Gasteiger partial charge in [0.25, 0.3) is 0 Å². The SMILES string of the molecule is COC(=O)C1=C(C)NC(C)C(CCOC(=O)c2ccc(OCCn3ccnc3)cc2)(C(=O)O)C1c1cccc(Cl)c1Cl. The minimum absolute atomic E-state index is 0.108. The van der Waals surface area contributed by atoms with Gasteiger partial charge in [0.2, 0.25) is 0 Å². The van der Waals surface area contributed by atoms with Crippen LogP contribution in [-0.2, 0) is 25.6 Å². The van der Waals surface area contributed by atoms with Crippen molar-refractivity contribution in [1.29, 1.82) is 0 Å². The number of halogens is 2. The summed E-state index contributed by atoms with van der Waals surface area (Å²) in [4.78, 5) is 43.0. The number of carbonyl (C=O) groups excluding carboxylic acids is 2. The van der Waals surface area contributed by atoms with E-state index >= 15 is 0 Å². The Morgan fingerprint density at radius 3 is 2.48 bits per heavy atom. The Morgan fingerprint density at radius 2 is 1.83 bits per heavy atom. The van der Waals surface area contributed by atoms with E-state index in [4.69, 9.17) is 37.4 Å². The van der Waals surface area contributed by atoms with Gasteiger partial charge < -0.3 is 29.2 Å². The van der Waals surface area contributed by atoms with Crippen LogP contribution in [0, 0.1) is 5.41 Å². The largest absolute Gasteiger partial charge is 0.492 e. The maximum atomic E-state index is 13.1. The number of aromatic nitrogens is 2. The van der Waals surface area contributed by atoms with Crippen LogP contribution in [0.15, 0.2) is 72.5 Å². The van der Waals surface area contributed by atoms with Crippen molar-refractivity contribution in [3.63, 3.8) is 0 Å². The van der Waals surface area contributed by atoms with Gasteiger partial charge in [-0.05, 0) is 49.7 Å². The summed E-state index contributed by atoms with van der Waals surface area (Å²) in [7, 11) is 1.22. The van der Waals surface area contributed by atoms with Gasteiger partial charge in [0.15, 0.2) is 0 Å². The molecule has 1 aliphatic rings. The fourth-order valence-corrected chi connectivity index (χ4v) is 5.78. The summed E-state index contributed by atoms with van der Waals surface area (Å²) in [6.45, 7) is 4.16. The van der Waals surface area contributed by atoms with E-state index in [9.17, 15) is 19.5 Å². The first kappa shape index (κ1) is 30.9. The molecule has 0 aliphatic carbocycles.